The van der Waals surface area contributed by atoms with E-state index in [1.165, 1.54) is 17.3 Å². The molecule has 0 radical (unpaired) electrons. The fraction of sp³-hybridized carbons (Fsp3) is 0.400. The van der Waals surface area contributed by atoms with Gasteiger partial charge in [0.1, 0.15) is 5.04 Å². The van der Waals surface area contributed by atoms with Crippen LogP contribution >= 0.6 is 11.8 Å². The number of nitrogens with zero attached hydrogens (tertiary/aromatic N) is 3. The van der Waals surface area contributed by atoms with Crippen molar-refractivity contribution in [2.45, 2.75) is 39.3 Å². The predicted molar refractivity (Wildman–Crippen MR) is 131 cm³/mol. The van der Waals surface area contributed by atoms with Crippen LogP contribution in [0, 0.1) is 13.8 Å². The molecule has 6 heteroatoms. The standard InChI is InChI=1S/C25H30N4OS/c1-4-29-15-13-25(14-16-29)27-23(20-11-9-18(2)10-12-20)24(28-25)31-17-22(30)26-21-8-6-5-7-19(21)3/h5-12H,4,13-17H2,1-3H3,(H,26,30). The number of hydrogen-bond acceptors (Lipinski definition) is 5. The molecular formula is C25H30N4OS. The van der Waals surface area contributed by atoms with Crippen molar-refractivity contribution in [2.75, 3.05) is 30.7 Å². The van der Waals surface area contributed by atoms with Gasteiger partial charge >= 0.3 is 0 Å². The van der Waals surface area contributed by atoms with Crippen molar-refractivity contribution in [1.29, 1.82) is 0 Å². The lowest BCUT2D eigenvalue weighted by atomic mass is 9.98. The number of carbonyl (C=O) groups is 1. The molecule has 0 aromatic heterocycles. The Bertz CT molecular complexity index is 1000. The fourth-order valence-corrected chi connectivity index (χ4v) is 4.88. The molecule has 2 heterocycles. The van der Waals surface area contributed by atoms with Gasteiger partial charge in [0.2, 0.25) is 5.91 Å². The predicted octanol–water partition coefficient (Wildman–Crippen LogP) is 4.69. The zero-order valence-corrected chi connectivity index (χ0v) is 19.3. The number of thioether (sulfide) groups is 1. The first-order chi connectivity index (χ1) is 15.0. The SMILES string of the molecule is CCN1CCC2(CC1)N=C(SCC(=O)Nc1ccccc1C)C(c1ccc(C)cc1)=N2. The van der Waals surface area contributed by atoms with E-state index in [2.05, 4.69) is 48.3 Å². The van der Waals surface area contributed by atoms with Crippen molar-refractivity contribution in [3.05, 3.63) is 65.2 Å². The van der Waals surface area contributed by atoms with E-state index in [4.69, 9.17) is 9.98 Å². The third-order valence-electron chi connectivity index (χ3n) is 6.02. The largest absolute Gasteiger partial charge is 0.325 e. The summed E-state index contributed by atoms with van der Waals surface area (Å²) >= 11 is 1.49. The van der Waals surface area contributed by atoms with Gasteiger partial charge in [0.05, 0.1) is 11.5 Å². The molecule has 1 amide bonds. The molecule has 1 fully saturated rings. The number of para-hydroxylation sites is 1. The highest BCUT2D eigenvalue weighted by Crippen LogP contribution is 2.35. The lowest BCUT2D eigenvalue weighted by Gasteiger charge is -2.34. The quantitative estimate of drug-likeness (QED) is 0.743. The molecule has 0 aliphatic carbocycles. The smallest absolute Gasteiger partial charge is 0.234 e. The van der Waals surface area contributed by atoms with Gasteiger partial charge in [-0.1, -0.05) is 66.7 Å². The van der Waals surface area contributed by atoms with Crippen LogP contribution in [0.25, 0.3) is 0 Å². The number of benzene rings is 2. The van der Waals surface area contributed by atoms with Crippen molar-refractivity contribution in [1.82, 2.24) is 4.90 Å². The molecule has 4 rings (SSSR count). The maximum absolute atomic E-state index is 12.6. The Kier molecular flexibility index (Phi) is 6.58. The molecule has 2 aromatic rings. The first-order valence-electron chi connectivity index (χ1n) is 11.0. The monoisotopic (exact) mass is 434 g/mol. The van der Waals surface area contributed by atoms with E-state index in [1.54, 1.807) is 0 Å². The summed E-state index contributed by atoms with van der Waals surface area (Å²) in [7, 11) is 0. The molecule has 2 aliphatic rings. The fourth-order valence-electron chi connectivity index (χ4n) is 4.01. The van der Waals surface area contributed by atoms with Crippen LogP contribution in [0.4, 0.5) is 5.69 Å². The molecule has 2 aliphatic heterocycles. The van der Waals surface area contributed by atoms with Crippen molar-refractivity contribution in [3.8, 4) is 0 Å². The van der Waals surface area contributed by atoms with Crippen molar-refractivity contribution >= 4 is 34.1 Å². The number of nitrogens with one attached hydrogen (secondary N) is 1. The van der Waals surface area contributed by atoms with E-state index in [0.717, 1.165) is 60.0 Å². The molecule has 1 spiro atoms. The second-order valence-corrected chi connectivity index (χ2v) is 9.28. The highest BCUT2D eigenvalue weighted by molar-refractivity contribution is 8.16. The zero-order valence-electron chi connectivity index (χ0n) is 18.5. The highest BCUT2D eigenvalue weighted by atomic mass is 32.2. The number of carbonyl (C=O) groups excluding carboxylic acids is 1. The van der Waals surface area contributed by atoms with Crippen LogP contribution in [0.1, 0.15) is 36.5 Å². The number of aliphatic imine (C=N–C) groups is 2. The van der Waals surface area contributed by atoms with Crippen LogP contribution in [0.2, 0.25) is 0 Å². The van der Waals surface area contributed by atoms with Crippen LogP contribution in [0.5, 0.6) is 0 Å². The van der Waals surface area contributed by atoms with Gasteiger partial charge in [0, 0.05) is 37.2 Å². The third-order valence-corrected chi connectivity index (χ3v) is 6.98. The van der Waals surface area contributed by atoms with Crippen molar-refractivity contribution < 1.29 is 4.79 Å². The number of likely N-dealkylation sites (tertiary alicyclic amines) is 1. The summed E-state index contributed by atoms with van der Waals surface area (Å²) in [4.78, 5) is 25.3. The average molecular weight is 435 g/mol. The Hall–Kier alpha value is -2.44. The molecule has 31 heavy (non-hydrogen) atoms. The number of piperidine rings is 1. The average Bonchev–Trinajstić information content (AvgIpc) is 3.13. The van der Waals surface area contributed by atoms with Gasteiger partial charge in [-0.2, -0.15) is 0 Å². The maximum atomic E-state index is 12.6. The molecule has 0 bridgehead atoms. The Labute approximate surface area is 189 Å². The van der Waals surface area contributed by atoms with Crippen LogP contribution in [-0.4, -0.2) is 52.6 Å². The summed E-state index contributed by atoms with van der Waals surface area (Å²) < 4.78 is 0. The Balaban J connectivity index is 1.51. The number of hydrogen-bond donors (Lipinski definition) is 1. The lowest BCUT2D eigenvalue weighted by Crippen LogP contribution is -2.41. The normalized spacial score (nSPS) is 18.0. The molecule has 1 N–H and O–H groups in total. The second kappa shape index (κ2) is 9.37. The lowest BCUT2D eigenvalue weighted by molar-refractivity contribution is -0.113. The van der Waals surface area contributed by atoms with Gasteiger partial charge in [-0.05, 0) is 32.0 Å². The Morgan fingerprint density at radius 2 is 1.77 bits per heavy atom. The highest BCUT2D eigenvalue weighted by Gasteiger charge is 2.39. The van der Waals surface area contributed by atoms with Gasteiger partial charge in [-0.25, -0.2) is 4.99 Å². The number of rotatable bonds is 5. The third kappa shape index (κ3) is 5.08. The molecule has 0 unspecified atom stereocenters. The topological polar surface area (TPSA) is 57.1 Å². The van der Waals surface area contributed by atoms with E-state index in [1.807, 2.05) is 31.2 Å². The van der Waals surface area contributed by atoms with Gasteiger partial charge in [0.25, 0.3) is 0 Å². The minimum absolute atomic E-state index is 0.0213. The number of amides is 1. The van der Waals surface area contributed by atoms with Gasteiger partial charge in [-0.15, -0.1) is 0 Å². The van der Waals surface area contributed by atoms with E-state index in [0.29, 0.717) is 5.75 Å². The summed E-state index contributed by atoms with van der Waals surface area (Å²) in [5.74, 6) is 0.293. The first-order valence-corrected chi connectivity index (χ1v) is 11.9. The minimum atomic E-state index is -0.374. The molecule has 1 saturated heterocycles. The van der Waals surface area contributed by atoms with Crippen LogP contribution < -0.4 is 5.32 Å². The maximum Gasteiger partial charge on any atom is 0.234 e. The van der Waals surface area contributed by atoms with E-state index < -0.39 is 0 Å². The molecule has 2 aromatic carbocycles. The van der Waals surface area contributed by atoms with Crippen LogP contribution in [0.15, 0.2) is 58.5 Å². The zero-order chi connectivity index (χ0) is 21.8. The summed E-state index contributed by atoms with van der Waals surface area (Å²) in [5, 5.41) is 3.90. The minimum Gasteiger partial charge on any atom is -0.325 e. The molecule has 162 valence electrons. The van der Waals surface area contributed by atoms with Gasteiger partial charge in [0.15, 0.2) is 5.66 Å². The summed E-state index contributed by atoms with van der Waals surface area (Å²) in [6.45, 7) is 9.37. The molecule has 0 atom stereocenters. The van der Waals surface area contributed by atoms with Crippen molar-refractivity contribution in [3.63, 3.8) is 0 Å². The van der Waals surface area contributed by atoms with Gasteiger partial charge in [-0.3, -0.25) is 9.79 Å². The summed E-state index contributed by atoms with van der Waals surface area (Å²) in [6, 6.07) is 16.3. The van der Waals surface area contributed by atoms with E-state index in [-0.39, 0.29) is 11.6 Å². The Morgan fingerprint density at radius 1 is 1.06 bits per heavy atom. The number of aryl methyl sites for hydroxylation is 2. The second-order valence-electron chi connectivity index (χ2n) is 8.31. The van der Waals surface area contributed by atoms with Crippen molar-refractivity contribution in [2.24, 2.45) is 9.98 Å². The van der Waals surface area contributed by atoms with Crippen LogP contribution in [0.3, 0.4) is 0 Å². The summed E-state index contributed by atoms with van der Waals surface area (Å²) in [6.07, 6.45) is 1.85. The van der Waals surface area contributed by atoms with Gasteiger partial charge < -0.3 is 10.2 Å². The molecule has 0 saturated carbocycles. The first kappa shape index (κ1) is 21.8. The number of anilines is 1. The van der Waals surface area contributed by atoms with Crippen LogP contribution in [-0.2, 0) is 4.79 Å². The Morgan fingerprint density at radius 3 is 2.45 bits per heavy atom. The van der Waals surface area contributed by atoms with E-state index in [9.17, 15) is 4.79 Å². The molecule has 5 nitrogen and oxygen atoms in total. The summed E-state index contributed by atoms with van der Waals surface area (Å²) in [5.41, 5.74) is 4.77. The van der Waals surface area contributed by atoms with E-state index >= 15 is 0 Å². The molecular weight excluding hydrogens is 404 g/mol.